The van der Waals surface area contributed by atoms with Crippen LogP contribution in [0.1, 0.15) is 50.2 Å². The lowest BCUT2D eigenvalue weighted by molar-refractivity contribution is -0.152. The van der Waals surface area contributed by atoms with Crippen LogP contribution in [0.3, 0.4) is 0 Å². The summed E-state index contributed by atoms with van der Waals surface area (Å²) in [5.74, 6) is -0.555. The predicted molar refractivity (Wildman–Crippen MR) is 126 cm³/mol. The molecule has 0 radical (unpaired) electrons. The number of morpholine rings is 1. The monoisotopic (exact) mass is 450 g/mol. The first-order valence-electron chi connectivity index (χ1n) is 11.8. The van der Waals surface area contributed by atoms with Gasteiger partial charge in [-0.1, -0.05) is 48.9 Å². The largest absolute Gasteiger partial charge is 0.482 e. The number of carbonyl (C=O) groups excluding carboxylic acids is 2. The third-order valence-corrected chi connectivity index (χ3v) is 6.42. The first-order chi connectivity index (χ1) is 16.0. The number of nitrogens with one attached hydrogen (secondary N) is 1. The van der Waals surface area contributed by atoms with Gasteiger partial charge >= 0.3 is 0 Å². The van der Waals surface area contributed by atoms with Gasteiger partial charge in [0.25, 0.3) is 5.91 Å². The average Bonchev–Trinajstić information content (AvgIpc) is 2.82. The maximum absolute atomic E-state index is 13.3. The molecule has 2 aromatic rings. The number of benzene rings is 2. The molecular formula is C27H31FN2O3. The second kappa shape index (κ2) is 10.6. The van der Waals surface area contributed by atoms with Gasteiger partial charge in [0.2, 0.25) is 5.91 Å². The van der Waals surface area contributed by atoms with E-state index in [0.717, 1.165) is 38.5 Å². The number of hydrogen-bond acceptors (Lipinski definition) is 3. The molecule has 2 aromatic carbocycles. The van der Waals surface area contributed by atoms with E-state index in [0.29, 0.717) is 5.56 Å². The highest BCUT2D eigenvalue weighted by atomic mass is 19.1. The molecule has 4 rings (SSSR count). The molecule has 33 heavy (non-hydrogen) atoms. The van der Waals surface area contributed by atoms with E-state index in [1.165, 1.54) is 17.7 Å². The molecule has 0 bridgehead atoms. The molecule has 2 amide bonds. The van der Waals surface area contributed by atoms with E-state index >= 15 is 0 Å². The lowest BCUT2D eigenvalue weighted by atomic mass is 9.89. The van der Waals surface area contributed by atoms with Crippen molar-refractivity contribution in [1.29, 1.82) is 0 Å². The van der Waals surface area contributed by atoms with Gasteiger partial charge in [0, 0.05) is 6.04 Å². The molecule has 2 fully saturated rings. The summed E-state index contributed by atoms with van der Waals surface area (Å²) >= 11 is 0. The number of amides is 2. The second-order valence-electron chi connectivity index (χ2n) is 8.99. The molecule has 1 saturated carbocycles. The molecule has 1 aliphatic carbocycles. The van der Waals surface area contributed by atoms with Crippen LogP contribution in [-0.2, 0) is 20.7 Å². The van der Waals surface area contributed by atoms with E-state index in [1.807, 2.05) is 25.1 Å². The maximum Gasteiger partial charge on any atom is 0.289 e. The molecule has 6 heteroatoms. The zero-order valence-electron chi connectivity index (χ0n) is 19.0. The smallest absolute Gasteiger partial charge is 0.289 e. The SMILES string of the molecule is CC(CCc1ccccc1)NC(=O)CN1C(=O)/C(=C\c2ccc(F)cc2)OC2CCCCC21. The molecule has 2 aliphatic rings. The van der Waals surface area contributed by atoms with Crippen LogP contribution < -0.4 is 5.32 Å². The predicted octanol–water partition coefficient (Wildman–Crippen LogP) is 4.47. The van der Waals surface area contributed by atoms with Crippen molar-refractivity contribution in [3.8, 4) is 0 Å². The van der Waals surface area contributed by atoms with E-state index in [2.05, 4.69) is 17.4 Å². The highest BCUT2D eigenvalue weighted by molar-refractivity contribution is 5.98. The molecule has 0 spiro atoms. The summed E-state index contributed by atoms with van der Waals surface area (Å²) in [6, 6.07) is 16.0. The Bertz CT molecular complexity index is 990. The van der Waals surface area contributed by atoms with Crippen molar-refractivity contribution in [2.75, 3.05) is 6.54 Å². The number of aryl methyl sites for hydroxylation is 1. The molecule has 174 valence electrons. The quantitative estimate of drug-likeness (QED) is 0.633. The minimum atomic E-state index is -0.333. The van der Waals surface area contributed by atoms with Crippen LogP contribution >= 0.6 is 0 Å². The average molecular weight is 451 g/mol. The number of nitrogens with zero attached hydrogens (tertiary/aromatic N) is 1. The van der Waals surface area contributed by atoms with E-state index < -0.39 is 0 Å². The lowest BCUT2D eigenvalue weighted by Crippen LogP contribution is -2.57. The van der Waals surface area contributed by atoms with Crippen molar-refractivity contribution in [2.24, 2.45) is 0 Å². The Morgan fingerprint density at radius 1 is 1.15 bits per heavy atom. The molecule has 3 unspecified atom stereocenters. The van der Waals surface area contributed by atoms with E-state index in [4.69, 9.17) is 4.74 Å². The Labute approximate surface area is 194 Å². The van der Waals surface area contributed by atoms with Gasteiger partial charge in [-0.25, -0.2) is 4.39 Å². The van der Waals surface area contributed by atoms with Crippen molar-refractivity contribution < 1.29 is 18.7 Å². The zero-order valence-corrected chi connectivity index (χ0v) is 19.0. The minimum Gasteiger partial charge on any atom is -0.482 e. The first kappa shape index (κ1) is 23.0. The van der Waals surface area contributed by atoms with Gasteiger partial charge in [-0.2, -0.15) is 0 Å². The number of fused-ring (bicyclic) bond motifs is 1. The standard InChI is InChI=1S/C27H31FN2O3/c1-19(11-12-20-7-3-2-4-8-20)29-26(31)18-30-23-9-5-6-10-24(23)33-25(27(30)32)17-21-13-15-22(28)16-14-21/h2-4,7-8,13-17,19,23-24H,5-6,9-12,18H2,1H3,(H,29,31)/b25-17+. The van der Waals surface area contributed by atoms with Crippen LogP contribution in [0.25, 0.3) is 6.08 Å². The van der Waals surface area contributed by atoms with Gasteiger partial charge < -0.3 is 15.0 Å². The van der Waals surface area contributed by atoms with Crippen molar-refractivity contribution in [2.45, 2.75) is 63.6 Å². The summed E-state index contributed by atoms with van der Waals surface area (Å²) in [5.41, 5.74) is 1.93. The fourth-order valence-electron chi connectivity index (χ4n) is 4.65. The van der Waals surface area contributed by atoms with Gasteiger partial charge in [-0.3, -0.25) is 9.59 Å². The normalized spacial score (nSPS) is 22.4. The topological polar surface area (TPSA) is 58.6 Å². The molecule has 0 aromatic heterocycles. The summed E-state index contributed by atoms with van der Waals surface area (Å²) in [7, 11) is 0. The van der Waals surface area contributed by atoms with Gasteiger partial charge in [0.15, 0.2) is 5.76 Å². The number of halogens is 1. The van der Waals surface area contributed by atoms with Crippen LogP contribution in [0.2, 0.25) is 0 Å². The second-order valence-corrected chi connectivity index (χ2v) is 8.99. The summed E-state index contributed by atoms with van der Waals surface area (Å²) < 4.78 is 19.3. The molecule has 1 heterocycles. The van der Waals surface area contributed by atoms with E-state index in [9.17, 15) is 14.0 Å². The summed E-state index contributed by atoms with van der Waals surface area (Å²) in [5, 5.41) is 3.05. The highest BCUT2D eigenvalue weighted by Gasteiger charge is 2.42. The van der Waals surface area contributed by atoms with Crippen LogP contribution in [0.4, 0.5) is 4.39 Å². The summed E-state index contributed by atoms with van der Waals surface area (Å²) in [6.45, 7) is 2.01. The van der Waals surface area contributed by atoms with Crippen molar-refractivity contribution in [3.63, 3.8) is 0 Å². The Balaban J connectivity index is 1.41. The lowest BCUT2D eigenvalue weighted by Gasteiger charge is -2.44. The first-order valence-corrected chi connectivity index (χ1v) is 11.8. The van der Waals surface area contributed by atoms with E-state index in [-0.39, 0.29) is 48.1 Å². The number of carbonyl (C=O) groups is 2. The van der Waals surface area contributed by atoms with Crippen LogP contribution in [0.5, 0.6) is 0 Å². The molecular weight excluding hydrogens is 419 g/mol. The fourth-order valence-corrected chi connectivity index (χ4v) is 4.65. The maximum atomic E-state index is 13.3. The summed E-state index contributed by atoms with van der Waals surface area (Å²) in [4.78, 5) is 27.8. The third-order valence-electron chi connectivity index (χ3n) is 6.42. The van der Waals surface area contributed by atoms with E-state index in [1.54, 1.807) is 23.1 Å². The van der Waals surface area contributed by atoms with Gasteiger partial charge in [0.1, 0.15) is 18.5 Å². The number of hydrogen-bond donors (Lipinski definition) is 1. The Morgan fingerprint density at radius 2 is 1.88 bits per heavy atom. The third kappa shape index (κ3) is 6.01. The molecule has 1 N–H and O–H groups in total. The highest BCUT2D eigenvalue weighted by Crippen LogP contribution is 2.33. The fraction of sp³-hybridized carbons (Fsp3) is 0.407. The molecule has 1 aliphatic heterocycles. The Kier molecular flexibility index (Phi) is 7.43. The molecule has 5 nitrogen and oxygen atoms in total. The van der Waals surface area contributed by atoms with Crippen LogP contribution in [-0.4, -0.2) is 41.4 Å². The Morgan fingerprint density at radius 3 is 2.64 bits per heavy atom. The van der Waals surface area contributed by atoms with Gasteiger partial charge in [0.05, 0.1) is 6.04 Å². The van der Waals surface area contributed by atoms with Crippen molar-refractivity contribution >= 4 is 17.9 Å². The summed E-state index contributed by atoms with van der Waals surface area (Å²) in [6.07, 6.45) is 6.96. The van der Waals surface area contributed by atoms with Crippen LogP contribution in [0, 0.1) is 5.82 Å². The molecule has 3 atom stereocenters. The van der Waals surface area contributed by atoms with Crippen LogP contribution in [0.15, 0.2) is 60.4 Å². The number of ether oxygens (including phenoxy) is 1. The van der Waals surface area contributed by atoms with Crippen molar-refractivity contribution in [1.82, 2.24) is 10.2 Å². The zero-order chi connectivity index (χ0) is 23.2. The number of rotatable bonds is 7. The molecule has 1 saturated heterocycles. The van der Waals surface area contributed by atoms with Gasteiger partial charge in [-0.05, 0) is 68.4 Å². The Hall–Kier alpha value is -3.15. The minimum absolute atomic E-state index is 0.00484. The van der Waals surface area contributed by atoms with Crippen molar-refractivity contribution in [3.05, 3.63) is 77.3 Å². The van der Waals surface area contributed by atoms with Gasteiger partial charge in [-0.15, -0.1) is 0 Å².